The van der Waals surface area contributed by atoms with Crippen molar-refractivity contribution < 1.29 is 9.53 Å². The molecule has 2 rings (SSSR count). The quantitative estimate of drug-likeness (QED) is 0.647. The minimum Gasteiger partial charge on any atom is -0.469 e. The van der Waals surface area contributed by atoms with Crippen molar-refractivity contribution in [2.45, 2.75) is 30.7 Å². The Kier molecular flexibility index (Phi) is 4.76. The molecule has 0 atom stereocenters. The van der Waals surface area contributed by atoms with Crippen LogP contribution in [0.5, 0.6) is 0 Å². The van der Waals surface area contributed by atoms with Gasteiger partial charge in [0, 0.05) is 22.2 Å². The molecule has 5 heteroatoms. The van der Waals surface area contributed by atoms with Gasteiger partial charge in [0.15, 0.2) is 0 Å². The van der Waals surface area contributed by atoms with Gasteiger partial charge in [-0.15, -0.1) is 11.8 Å². The van der Waals surface area contributed by atoms with E-state index < -0.39 is 0 Å². The normalized spacial score (nSPS) is 16.2. The van der Waals surface area contributed by atoms with Gasteiger partial charge in [-0.05, 0) is 36.0 Å². The number of nitrogens with two attached hydrogens (primary N) is 1. The van der Waals surface area contributed by atoms with Gasteiger partial charge >= 0.3 is 5.97 Å². The fraction of sp³-hybridized carbons (Fsp3) is 0.500. The number of ether oxygens (including phenoxy) is 1. The van der Waals surface area contributed by atoms with E-state index in [0.29, 0.717) is 18.0 Å². The van der Waals surface area contributed by atoms with Gasteiger partial charge in [0.25, 0.3) is 0 Å². The second kappa shape index (κ2) is 6.16. The van der Waals surface area contributed by atoms with Crippen LogP contribution in [0.1, 0.15) is 24.8 Å². The fourth-order valence-electron chi connectivity index (χ4n) is 1.95. The van der Waals surface area contributed by atoms with E-state index in [1.54, 1.807) is 11.8 Å². The van der Waals surface area contributed by atoms with E-state index in [9.17, 15) is 4.79 Å². The minimum absolute atomic E-state index is 0.116. The summed E-state index contributed by atoms with van der Waals surface area (Å²) < 4.78 is 4.74. The molecule has 0 aromatic heterocycles. The van der Waals surface area contributed by atoms with Gasteiger partial charge in [0.2, 0.25) is 0 Å². The molecule has 0 unspecified atom stereocenters. The van der Waals surface area contributed by atoms with Crippen LogP contribution >= 0.6 is 23.4 Å². The number of rotatable bonds is 6. The van der Waals surface area contributed by atoms with Crippen LogP contribution in [0.3, 0.4) is 0 Å². The third-order valence-corrected chi connectivity index (χ3v) is 5.19. The Labute approximate surface area is 122 Å². The predicted molar refractivity (Wildman–Crippen MR) is 78.4 cm³/mol. The lowest BCUT2D eigenvalue weighted by Gasteiger charge is -2.13. The number of carbonyl (C=O) groups excluding carboxylic acids is 1. The van der Waals surface area contributed by atoms with Crippen LogP contribution in [-0.4, -0.2) is 18.8 Å². The zero-order valence-corrected chi connectivity index (χ0v) is 12.5. The van der Waals surface area contributed by atoms with Crippen LogP contribution in [0, 0.1) is 5.41 Å². The van der Waals surface area contributed by atoms with E-state index in [1.807, 2.05) is 18.2 Å². The molecular weight excluding hydrogens is 282 g/mol. The molecule has 104 valence electrons. The highest BCUT2D eigenvalue weighted by atomic mass is 35.5. The molecule has 0 spiro atoms. The number of halogens is 1. The van der Waals surface area contributed by atoms with E-state index in [-0.39, 0.29) is 11.4 Å². The molecule has 19 heavy (non-hydrogen) atoms. The van der Waals surface area contributed by atoms with Gasteiger partial charge in [0.05, 0.1) is 13.5 Å². The zero-order chi connectivity index (χ0) is 13.9. The summed E-state index contributed by atoms with van der Waals surface area (Å²) in [6.07, 6.45) is 2.72. The summed E-state index contributed by atoms with van der Waals surface area (Å²) in [5.41, 5.74) is 6.68. The molecule has 0 bridgehead atoms. The number of carbonyl (C=O) groups is 1. The lowest BCUT2D eigenvalue weighted by molar-refractivity contribution is -0.141. The van der Waals surface area contributed by atoms with Crippen LogP contribution in [0.2, 0.25) is 5.02 Å². The highest BCUT2D eigenvalue weighted by Gasteiger charge is 2.44. The summed E-state index contributed by atoms with van der Waals surface area (Å²) in [7, 11) is 1.44. The summed E-state index contributed by atoms with van der Waals surface area (Å²) in [5.74, 6) is 0.815. The largest absolute Gasteiger partial charge is 0.469 e. The van der Waals surface area contributed by atoms with Crippen molar-refractivity contribution >= 4 is 29.3 Å². The van der Waals surface area contributed by atoms with Crippen molar-refractivity contribution in [3.63, 3.8) is 0 Å². The molecule has 1 aliphatic rings. The number of hydrogen-bond acceptors (Lipinski definition) is 4. The lowest BCUT2D eigenvalue weighted by Crippen LogP contribution is -2.12. The van der Waals surface area contributed by atoms with Gasteiger partial charge in [-0.3, -0.25) is 4.79 Å². The Bertz CT molecular complexity index is 475. The Morgan fingerprint density at radius 2 is 2.26 bits per heavy atom. The van der Waals surface area contributed by atoms with E-state index in [0.717, 1.165) is 29.1 Å². The molecule has 2 N–H and O–H groups in total. The van der Waals surface area contributed by atoms with Gasteiger partial charge in [-0.2, -0.15) is 0 Å². The molecular formula is C14H18ClNO2S. The Morgan fingerprint density at radius 3 is 2.79 bits per heavy atom. The van der Waals surface area contributed by atoms with Crippen molar-refractivity contribution in [3.8, 4) is 0 Å². The predicted octanol–water partition coefficient (Wildman–Crippen LogP) is 3.23. The molecule has 1 aromatic rings. The van der Waals surface area contributed by atoms with Gasteiger partial charge in [-0.25, -0.2) is 0 Å². The Balaban J connectivity index is 1.92. The van der Waals surface area contributed by atoms with Gasteiger partial charge < -0.3 is 10.5 Å². The summed E-state index contributed by atoms with van der Waals surface area (Å²) >= 11 is 7.88. The molecule has 0 radical (unpaired) electrons. The third-order valence-electron chi connectivity index (χ3n) is 3.49. The second-order valence-electron chi connectivity index (χ2n) is 5.00. The average molecular weight is 300 g/mol. The van der Waals surface area contributed by atoms with Crippen LogP contribution < -0.4 is 5.73 Å². The number of esters is 1. The van der Waals surface area contributed by atoms with Crippen LogP contribution in [0.25, 0.3) is 0 Å². The minimum atomic E-state index is -0.116. The first-order valence-electron chi connectivity index (χ1n) is 6.27. The maximum absolute atomic E-state index is 11.3. The SMILES string of the molecule is COC(=O)CC1(CSc2ccc(CN)c(Cl)c2)CC1. The van der Waals surface area contributed by atoms with Crippen molar-refractivity contribution in [1.82, 2.24) is 0 Å². The van der Waals surface area contributed by atoms with Crippen molar-refractivity contribution in [3.05, 3.63) is 28.8 Å². The summed E-state index contributed by atoms with van der Waals surface area (Å²) in [6.45, 7) is 0.454. The van der Waals surface area contributed by atoms with E-state index in [4.69, 9.17) is 22.1 Å². The van der Waals surface area contributed by atoms with Crippen molar-refractivity contribution in [1.29, 1.82) is 0 Å². The monoisotopic (exact) mass is 299 g/mol. The maximum atomic E-state index is 11.3. The number of benzene rings is 1. The molecule has 0 heterocycles. The van der Waals surface area contributed by atoms with Gasteiger partial charge in [0.1, 0.15) is 0 Å². The van der Waals surface area contributed by atoms with Crippen LogP contribution in [0.4, 0.5) is 0 Å². The molecule has 0 saturated heterocycles. The van der Waals surface area contributed by atoms with Crippen molar-refractivity contribution in [2.75, 3.05) is 12.9 Å². The topological polar surface area (TPSA) is 52.3 Å². The first-order chi connectivity index (χ1) is 9.08. The van der Waals surface area contributed by atoms with E-state index in [2.05, 4.69) is 0 Å². The highest BCUT2D eigenvalue weighted by Crippen LogP contribution is 2.52. The first-order valence-corrected chi connectivity index (χ1v) is 7.63. The molecule has 1 saturated carbocycles. The Hall–Kier alpha value is -0.710. The van der Waals surface area contributed by atoms with Crippen LogP contribution in [0.15, 0.2) is 23.1 Å². The van der Waals surface area contributed by atoms with E-state index >= 15 is 0 Å². The molecule has 1 fully saturated rings. The lowest BCUT2D eigenvalue weighted by atomic mass is 10.1. The maximum Gasteiger partial charge on any atom is 0.306 e. The zero-order valence-electron chi connectivity index (χ0n) is 10.9. The van der Waals surface area contributed by atoms with Crippen LogP contribution in [-0.2, 0) is 16.1 Å². The number of thioether (sulfide) groups is 1. The smallest absolute Gasteiger partial charge is 0.306 e. The average Bonchev–Trinajstić information content (AvgIpc) is 3.16. The number of methoxy groups -OCH3 is 1. The molecule has 0 aliphatic heterocycles. The molecule has 1 aliphatic carbocycles. The summed E-state index contributed by atoms with van der Waals surface area (Å²) in [5, 5.41) is 0.713. The second-order valence-corrected chi connectivity index (χ2v) is 6.45. The summed E-state index contributed by atoms with van der Waals surface area (Å²) in [6, 6.07) is 5.94. The third kappa shape index (κ3) is 3.88. The summed E-state index contributed by atoms with van der Waals surface area (Å²) in [4.78, 5) is 12.5. The van der Waals surface area contributed by atoms with Crippen molar-refractivity contribution in [2.24, 2.45) is 11.1 Å². The molecule has 3 nitrogen and oxygen atoms in total. The van der Waals surface area contributed by atoms with E-state index in [1.165, 1.54) is 7.11 Å². The standard InChI is InChI=1S/C14H18ClNO2S/c1-18-13(17)7-14(4-5-14)9-19-11-3-2-10(8-16)12(15)6-11/h2-3,6H,4-5,7-9,16H2,1H3. The Morgan fingerprint density at radius 1 is 1.53 bits per heavy atom. The first kappa shape index (κ1) is 14.7. The highest BCUT2D eigenvalue weighted by molar-refractivity contribution is 7.99. The van der Waals surface area contributed by atoms with Gasteiger partial charge in [-0.1, -0.05) is 17.7 Å². The molecule has 0 amide bonds. The fourth-order valence-corrected chi connectivity index (χ4v) is 3.50. The number of hydrogen-bond donors (Lipinski definition) is 1. The molecule has 1 aromatic carbocycles.